The smallest absolute Gasteiger partial charge is 0.208 e. The van der Waals surface area contributed by atoms with Crippen molar-refractivity contribution >= 4 is 11.5 Å². The van der Waals surface area contributed by atoms with Crippen molar-refractivity contribution in [1.29, 1.82) is 0 Å². The Bertz CT molecular complexity index is 456. The molecule has 0 saturated heterocycles. The first-order valence-corrected chi connectivity index (χ1v) is 4.66. The van der Waals surface area contributed by atoms with Gasteiger partial charge < -0.3 is 0 Å². The van der Waals surface area contributed by atoms with Crippen molar-refractivity contribution in [3.05, 3.63) is 41.9 Å². The Morgan fingerprint density at radius 1 is 1.25 bits per heavy atom. The molecule has 0 spiro atoms. The number of hydrazine groups is 2. The van der Waals surface area contributed by atoms with Crippen LogP contribution in [0.25, 0.3) is 0 Å². The van der Waals surface area contributed by atoms with Gasteiger partial charge in [-0.2, -0.15) is 4.39 Å². The normalized spacial score (nSPS) is 18.9. The Hall–Kier alpha value is -1.95. The molecule has 0 saturated carbocycles. The van der Waals surface area contributed by atoms with E-state index in [9.17, 15) is 8.87 Å². The number of rotatable bonds is 1. The highest BCUT2D eigenvalue weighted by Crippen LogP contribution is 2.17. The maximum Gasteiger partial charge on any atom is 0.208 e. The molecule has 1 aromatic rings. The third-order valence-electron chi connectivity index (χ3n) is 2.04. The van der Waals surface area contributed by atoms with E-state index in [1.54, 1.807) is 17.6 Å². The lowest BCUT2D eigenvalue weighted by Crippen LogP contribution is -2.47. The SMILES string of the molecule is Cc1ccccc1N=C1C=C(F)NN(F)N1. The predicted molar refractivity (Wildman–Crippen MR) is 56.7 cm³/mol. The highest BCUT2D eigenvalue weighted by Gasteiger charge is 2.13. The van der Waals surface area contributed by atoms with E-state index in [4.69, 9.17) is 0 Å². The average Bonchev–Trinajstić information content (AvgIpc) is 2.20. The molecular weight excluding hydrogens is 214 g/mol. The highest BCUT2D eigenvalue weighted by atomic mass is 19.2. The van der Waals surface area contributed by atoms with Gasteiger partial charge in [0.15, 0.2) is 0 Å². The van der Waals surface area contributed by atoms with Gasteiger partial charge in [-0.05, 0) is 18.6 Å². The molecule has 0 unspecified atom stereocenters. The summed E-state index contributed by atoms with van der Waals surface area (Å²) in [7, 11) is 0. The largest absolute Gasteiger partial charge is 0.256 e. The third kappa shape index (κ3) is 2.34. The summed E-state index contributed by atoms with van der Waals surface area (Å²) in [6, 6.07) is 7.31. The standard InChI is InChI=1S/C10H10F2N4/c1-7-4-2-3-5-8(7)13-10-6-9(11)14-16(12)15-10/h2-6,14H,1H3,(H,13,15). The molecule has 1 aromatic carbocycles. The number of aliphatic imine (C=N–C) groups is 1. The van der Waals surface area contributed by atoms with E-state index in [0.717, 1.165) is 11.6 Å². The van der Waals surface area contributed by atoms with Crippen molar-refractivity contribution in [2.24, 2.45) is 4.99 Å². The van der Waals surface area contributed by atoms with Crippen molar-refractivity contribution in [3.63, 3.8) is 0 Å². The third-order valence-corrected chi connectivity index (χ3v) is 2.04. The van der Waals surface area contributed by atoms with Crippen molar-refractivity contribution in [1.82, 2.24) is 16.2 Å². The number of hydrogen-bond acceptors (Lipinski definition) is 3. The number of hydrogen-bond donors (Lipinski definition) is 2. The number of amidine groups is 1. The maximum absolute atomic E-state index is 12.8. The van der Waals surface area contributed by atoms with Gasteiger partial charge in [0.2, 0.25) is 5.95 Å². The second kappa shape index (κ2) is 4.28. The van der Waals surface area contributed by atoms with Crippen molar-refractivity contribution in [2.45, 2.75) is 6.92 Å². The Balaban J connectivity index is 2.31. The lowest BCUT2D eigenvalue weighted by molar-refractivity contribution is -0.0612. The molecule has 0 aromatic heterocycles. The summed E-state index contributed by atoms with van der Waals surface area (Å²) in [4.78, 5) is 4.09. The molecule has 4 nitrogen and oxygen atoms in total. The molecule has 1 aliphatic rings. The molecule has 0 radical (unpaired) electrons. The van der Waals surface area contributed by atoms with Gasteiger partial charge in [0.05, 0.1) is 5.69 Å². The summed E-state index contributed by atoms with van der Waals surface area (Å²) < 4.78 is 25.6. The zero-order chi connectivity index (χ0) is 11.5. The van der Waals surface area contributed by atoms with Crippen molar-refractivity contribution < 1.29 is 8.87 Å². The minimum Gasteiger partial charge on any atom is -0.256 e. The van der Waals surface area contributed by atoms with E-state index < -0.39 is 5.95 Å². The zero-order valence-corrected chi connectivity index (χ0v) is 8.54. The van der Waals surface area contributed by atoms with Gasteiger partial charge >= 0.3 is 0 Å². The number of halogens is 2. The van der Waals surface area contributed by atoms with Gasteiger partial charge in [0.1, 0.15) is 5.84 Å². The van der Waals surface area contributed by atoms with Crippen LogP contribution in [0.15, 0.2) is 41.3 Å². The van der Waals surface area contributed by atoms with Gasteiger partial charge in [0, 0.05) is 11.4 Å². The fourth-order valence-electron chi connectivity index (χ4n) is 1.28. The zero-order valence-electron chi connectivity index (χ0n) is 8.54. The molecular formula is C10H10F2N4. The predicted octanol–water partition coefficient (Wildman–Crippen LogP) is 2.05. The van der Waals surface area contributed by atoms with E-state index >= 15 is 0 Å². The fraction of sp³-hybridized carbons (Fsp3) is 0.100. The molecule has 0 aliphatic carbocycles. The summed E-state index contributed by atoms with van der Waals surface area (Å²) in [5.41, 5.74) is 5.57. The number of aryl methyl sites for hydroxylation is 1. The summed E-state index contributed by atoms with van der Waals surface area (Å²) in [5, 5.41) is -0.0908. The lowest BCUT2D eigenvalue weighted by Gasteiger charge is -2.19. The van der Waals surface area contributed by atoms with Crippen LogP contribution >= 0.6 is 0 Å². The Kier molecular flexibility index (Phi) is 2.82. The number of para-hydroxylation sites is 1. The molecule has 1 aliphatic heterocycles. The molecule has 0 fully saturated rings. The molecule has 1 heterocycles. The summed E-state index contributed by atoms with van der Waals surface area (Å²) in [6.07, 6.45) is 1.07. The molecule has 0 amide bonds. The first-order valence-electron chi connectivity index (χ1n) is 4.66. The Morgan fingerprint density at radius 3 is 2.69 bits per heavy atom. The monoisotopic (exact) mass is 224 g/mol. The highest BCUT2D eigenvalue weighted by molar-refractivity contribution is 5.95. The number of nitrogens with zero attached hydrogens (tertiary/aromatic N) is 2. The molecule has 6 heteroatoms. The maximum atomic E-state index is 12.8. The Labute approximate surface area is 91.2 Å². The van der Waals surface area contributed by atoms with E-state index in [1.807, 2.05) is 19.1 Å². The van der Waals surface area contributed by atoms with Crippen LogP contribution in [0.2, 0.25) is 0 Å². The van der Waals surface area contributed by atoms with Crippen molar-refractivity contribution in [3.8, 4) is 0 Å². The molecule has 0 atom stereocenters. The van der Waals surface area contributed by atoms with E-state index in [-0.39, 0.29) is 11.2 Å². The second-order valence-electron chi connectivity index (χ2n) is 3.28. The van der Waals surface area contributed by atoms with Crippen LogP contribution in [0.4, 0.5) is 14.6 Å². The van der Waals surface area contributed by atoms with E-state index in [2.05, 4.69) is 10.4 Å². The first kappa shape index (κ1) is 10.6. The van der Waals surface area contributed by atoms with Gasteiger partial charge in [-0.3, -0.25) is 5.43 Å². The van der Waals surface area contributed by atoms with Crippen LogP contribution in [0, 0.1) is 6.92 Å². The minimum absolute atomic E-state index is 0.0908. The second-order valence-corrected chi connectivity index (χ2v) is 3.28. The molecule has 0 bridgehead atoms. The van der Waals surface area contributed by atoms with E-state index in [0.29, 0.717) is 5.69 Å². The van der Waals surface area contributed by atoms with Gasteiger partial charge in [-0.15, -0.1) is 0 Å². The molecule has 2 rings (SSSR count). The fourth-order valence-corrected chi connectivity index (χ4v) is 1.28. The quantitative estimate of drug-likeness (QED) is 0.566. The number of benzene rings is 1. The van der Waals surface area contributed by atoms with Crippen LogP contribution in [0.5, 0.6) is 0 Å². The van der Waals surface area contributed by atoms with Gasteiger partial charge in [0.25, 0.3) is 0 Å². The van der Waals surface area contributed by atoms with Crippen LogP contribution in [-0.4, -0.2) is 11.2 Å². The van der Waals surface area contributed by atoms with Crippen molar-refractivity contribution in [2.75, 3.05) is 0 Å². The van der Waals surface area contributed by atoms with Crippen LogP contribution in [0.3, 0.4) is 0 Å². The minimum atomic E-state index is -0.811. The Morgan fingerprint density at radius 2 is 2.00 bits per heavy atom. The summed E-state index contributed by atoms with van der Waals surface area (Å²) in [6.45, 7) is 1.87. The average molecular weight is 224 g/mol. The van der Waals surface area contributed by atoms with Crippen LogP contribution in [-0.2, 0) is 0 Å². The van der Waals surface area contributed by atoms with Gasteiger partial charge in [-0.1, -0.05) is 22.7 Å². The first-order chi connectivity index (χ1) is 7.65. The molecule has 2 N–H and O–H groups in total. The van der Waals surface area contributed by atoms with Crippen LogP contribution in [0.1, 0.15) is 5.56 Å². The molecule has 84 valence electrons. The summed E-state index contributed by atoms with van der Waals surface area (Å²) in [5.74, 6) is -0.721. The molecule has 16 heavy (non-hydrogen) atoms. The van der Waals surface area contributed by atoms with E-state index in [1.165, 1.54) is 0 Å². The summed E-state index contributed by atoms with van der Waals surface area (Å²) >= 11 is 0. The van der Waals surface area contributed by atoms with Crippen LogP contribution < -0.4 is 10.9 Å². The topological polar surface area (TPSA) is 39.7 Å². The number of nitrogens with one attached hydrogen (secondary N) is 2. The lowest BCUT2D eigenvalue weighted by atomic mass is 10.2. The van der Waals surface area contributed by atoms with Gasteiger partial charge in [-0.25, -0.2) is 10.4 Å².